The summed E-state index contributed by atoms with van der Waals surface area (Å²) in [5.41, 5.74) is 5.36. The average molecular weight is 1040 g/mol. The second-order valence-electron chi connectivity index (χ2n) is 16.0. The average Bonchev–Trinajstić information content (AvgIpc) is 3.69. The van der Waals surface area contributed by atoms with E-state index in [2.05, 4.69) is 50.9 Å². The van der Waals surface area contributed by atoms with Crippen LogP contribution in [0.2, 0.25) is 5.02 Å². The topological polar surface area (TPSA) is 224 Å². The zero-order valence-corrected chi connectivity index (χ0v) is 41.9. The molecule has 16 nitrogen and oxygen atoms in total. The van der Waals surface area contributed by atoms with E-state index in [-0.39, 0.29) is 71.3 Å². The molecule has 0 saturated carbocycles. The third-order valence-electron chi connectivity index (χ3n) is 11.1. The zero-order chi connectivity index (χ0) is 50.3. The van der Waals surface area contributed by atoms with Crippen LogP contribution in [0.5, 0.6) is 5.75 Å². The van der Waals surface area contributed by atoms with Crippen molar-refractivity contribution in [2.24, 2.45) is 0 Å². The number of benzene rings is 4. The van der Waals surface area contributed by atoms with Gasteiger partial charge in [0, 0.05) is 48.2 Å². The number of amides is 5. The van der Waals surface area contributed by atoms with E-state index in [1.54, 1.807) is 43.2 Å². The molecule has 2 unspecified atom stereocenters. The third-order valence-corrected chi connectivity index (χ3v) is 14.2. The summed E-state index contributed by atoms with van der Waals surface area (Å²) in [5.74, 6) is -4.88. The first kappa shape index (κ1) is 55.0. The van der Waals surface area contributed by atoms with Crippen molar-refractivity contribution in [2.75, 3.05) is 42.2 Å². The van der Waals surface area contributed by atoms with Crippen molar-refractivity contribution in [3.63, 3.8) is 0 Å². The van der Waals surface area contributed by atoms with Crippen molar-refractivity contribution >= 4 is 107 Å². The molecule has 2 aliphatic rings. The number of carbonyl (C=O) groups is 7. The summed E-state index contributed by atoms with van der Waals surface area (Å²) in [4.78, 5) is 86.8. The van der Waals surface area contributed by atoms with Gasteiger partial charge in [0.15, 0.2) is 17.2 Å². The first-order valence-corrected chi connectivity index (χ1v) is 24.1. The highest BCUT2D eigenvalue weighted by Crippen LogP contribution is 2.46. The molecular formula is C51H53ClN6O10S3. The highest BCUT2D eigenvalue weighted by molar-refractivity contribution is 7.97. The highest BCUT2D eigenvalue weighted by Gasteiger charge is 2.35. The fourth-order valence-electron chi connectivity index (χ4n) is 7.65. The number of allylic oxidation sites excluding steroid dienone is 2. The monoisotopic (exact) mass is 1040 g/mol. The van der Waals surface area contributed by atoms with Gasteiger partial charge in [-0.25, -0.2) is 13.9 Å². The Bertz CT molecular complexity index is 2760. The molecule has 0 spiro atoms. The number of carbonyl (C=O) groups excluding carboxylic acids is 5. The molecule has 4 aromatic carbocycles. The molecule has 1 aromatic heterocycles. The van der Waals surface area contributed by atoms with E-state index in [1.165, 1.54) is 6.07 Å². The molecule has 2 atom stereocenters. The van der Waals surface area contributed by atoms with Crippen LogP contribution >= 0.6 is 48.4 Å². The number of piperidine rings is 2. The Morgan fingerprint density at radius 2 is 1.61 bits per heavy atom. The zero-order valence-electron chi connectivity index (χ0n) is 38.5. The summed E-state index contributed by atoms with van der Waals surface area (Å²) in [6.07, 6.45) is 5.28. The van der Waals surface area contributed by atoms with E-state index in [0.717, 1.165) is 59.0 Å². The summed E-state index contributed by atoms with van der Waals surface area (Å²) in [7, 11) is 0. The maximum absolute atomic E-state index is 13.4. The Balaban J connectivity index is 0.00000181. The summed E-state index contributed by atoms with van der Waals surface area (Å²) in [6.45, 7) is 9.13. The number of aromatic carboxylic acids is 1. The molecule has 3 heterocycles. The predicted octanol–water partition coefficient (Wildman–Crippen LogP) is 8.78. The molecule has 5 aromatic rings. The SMILES string of the molecule is C=CC=C.Cc1ccc(NCC(=O)Nc2cccc(C(SN3CCC(Nc4cccc(-c5sc(C(=O)O)c(OCC(=O)O)c5Cl)c4)CC3)c3ccccc3)c2)cc1C(=O)N(C=O)C1CCC(=O)NC1=O.S. The van der Waals surface area contributed by atoms with Crippen LogP contribution in [0.3, 0.4) is 0 Å². The summed E-state index contributed by atoms with van der Waals surface area (Å²) in [6, 6.07) is 29.2. The number of anilines is 3. The van der Waals surface area contributed by atoms with Crippen molar-refractivity contribution in [3.05, 3.63) is 155 Å². The predicted molar refractivity (Wildman–Crippen MR) is 283 cm³/mol. The normalized spacial score (nSPS) is 15.0. The first-order chi connectivity index (χ1) is 33.7. The lowest BCUT2D eigenvalue weighted by molar-refractivity contribution is -0.140. The lowest BCUT2D eigenvalue weighted by Gasteiger charge is -2.34. The van der Waals surface area contributed by atoms with Crippen LogP contribution in [0, 0.1) is 6.92 Å². The standard InChI is InChI=1S/C47H45ClN6O10S2.C4H6.H2S/c1-27-13-14-32(23-35(27)46(61)54(26-55)36-15-16-37(56)52-45(36)60)49-24-38(57)51-34-12-5-9-29(21-34)42(28-7-3-2-4-8-28)66-53-19-17-31(18-20-53)50-33-11-6-10-30(22-33)43-40(48)41(64-25-39(58)59)44(65-43)47(62)63;1-3-4-2;/h2-14,21-23,26,31,36,42,49-50H,15-20,24-25H2,1H3,(H,51,57)(H,58,59)(H,62,63)(H,52,56,60);3-4H,1-2H2;1H2. The summed E-state index contributed by atoms with van der Waals surface area (Å²) >= 11 is 9.20. The number of hydrogen-bond acceptors (Lipinski definition) is 13. The van der Waals surface area contributed by atoms with Crippen LogP contribution in [0.15, 0.2) is 122 Å². The van der Waals surface area contributed by atoms with E-state index in [4.69, 9.17) is 21.4 Å². The largest absolute Gasteiger partial charge is 0.479 e. The lowest BCUT2D eigenvalue weighted by atomic mass is 10.0. The highest BCUT2D eigenvalue weighted by atomic mass is 35.5. The van der Waals surface area contributed by atoms with Crippen molar-refractivity contribution in [3.8, 4) is 16.2 Å². The lowest BCUT2D eigenvalue weighted by Crippen LogP contribution is -2.53. The van der Waals surface area contributed by atoms with Gasteiger partial charge in [0.2, 0.25) is 24.1 Å². The number of hydrogen-bond donors (Lipinski definition) is 6. The van der Waals surface area contributed by atoms with E-state index in [0.29, 0.717) is 33.8 Å². The molecule has 2 saturated heterocycles. The summed E-state index contributed by atoms with van der Waals surface area (Å²) < 4.78 is 7.59. The molecule has 71 heavy (non-hydrogen) atoms. The van der Waals surface area contributed by atoms with Gasteiger partial charge in [-0.3, -0.25) is 34.2 Å². The van der Waals surface area contributed by atoms with Crippen LogP contribution in [0.25, 0.3) is 10.4 Å². The Labute approximate surface area is 431 Å². The molecule has 2 fully saturated rings. The van der Waals surface area contributed by atoms with Crippen molar-refractivity contribution in [1.29, 1.82) is 0 Å². The number of carboxylic acid groups (broad SMARTS) is 2. The second kappa shape index (κ2) is 26.3. The third kappa shape index (κ3) is 14.8. The van der Waals surface area contributed by atoms with Gasteiger partial charge in [-0.15, -0.1) is 11.3 Å². The Kier molecular flexibility index (Phi) is 20.4. The van der Waals surface area contributed by atoms with Crippen LogP contribution in [0.1, 0.15) is 67.7 Å². The number of rotatable bonds is 19. The van der Waals surface area contributed by atoms with Gasteiger partial charge in [-0.05, 0) is 84.8 Å². The maximum atomic E-state index is 13.4. The summed E-state index contributed by atoms with van der Waals surface area (Å²) in [5, 5.41) is 30.5. The smallest absolute Gasteiger partial charge is 0.349 e. The molecule has 20 heteroatoms. The van der Waals surface area contributed by atoms with Crippen LogP contribution in [-0.2, 0) is 24.0 Å². The van der Waals surface area contributed by atoms with Gasteiger partial charge >= 0.3 is 11.9 Å². The van der Waals surface area contributed by atoms with Crippen molar-refractivity contribution in [2.45, 2.75) is 49.9 Å². The van der Waals surface area contributed by atoms with Crippen molar-refractivity contribution < 1.29 is 48.5 Å². The Morgan fingerprint density at radius 1 is 0.915 bits per heavy atom. The van der Waals surface area contributed by atoms with Crippen LogP contribution in [0.4, 0.5) is 17.1 Å². The molecular weight excluding hydrogens is 988 g/mol. The molecule has 0 bridgehead atoms. The van der Waals surface area contributed by atoms with Gasteiger partial charge < -0.3 is 30.9 Å². The number of nitrogens with zero attached hydrogens (tertiary/aromatic N) is 2. The molecule has 6 N–H and O–H groups in total. The first-order valence-electron chi connectivity index (χ1n) is 22.0. The molecule has 372 valence electrons. The molecule has 0 radical (unpaired) electrons. The van der Waals surface area contributed by atoms with Gasteiger partial charge in [0.1, 0.15) is 11.1 Å². The Morgan fingerprint density at radius 3 is 2.27 bits per heavy atom. The second-order valence-corrected chi connectivity index (χ2v) is 18.6. The fourth-order valence-corrected chi connectivity index (χ4v) is 10.3. The van der Waals surface area contributed by atoms with Gasteiger partial charge in [-0.2, -0.15) is 13.5 Å². The number of aliphatic carboxylic acids is 1. The number of thiophene rings is 1. The molecule has 2 aliphatic heterocycles. The number of ether oxygens (including phenoxy) is 1. The minimum Gasteiger partial charge on any atom is -0.479 e. The van der Waals surface area contributed by atoms with E-state index < -0.39 is 42.3 Å². The molecule has 7 rings (SSSR count). The minimum atomic E-state index is -1.26. The maximum Gasteiger partial charge on any atom is 0.349 e. The number of carboxylic acids is 2. The quantitative estimate of drug-likeness (QED) is 0.0197. The molecule has 5 amide bonds. The van der Waals surface area contributed by atoms with E-state index in [1.807, 2.05) is 66.7 Å². The minimum absolute atomic E-state index is 0. The van der Waals surface area contributed by atoms with Crippen LogP contribution in [-0.4, -0.2) is 99.7 Å². The fraction of sp³-hybridized carbons (Fsp3) is 0.235. The van der Waals surface area contributed by atoms with Gasteiger partial charge in [-0.1, -0.05) is 110 Å². The molecule has 0 aliphatic carbocycles. The van der Waals surface area contributed by atoms with Crippen molar-refractivity contribution in [1.82, 2.24) is 14.5 Å². The van der Waals surface area contributed by atoms with Crippen LogP contribution < -0.4 is 26.0 Å². The number of halogens is 1. The Hall–Kier alpha value is -6.90. The number of imide groups is 2. The van der Waals surface area contributed by atoms with Gasteiger partial charge in [0.05, 0.1) is 16.7 Å². The number of aryl methyl sites for hydroxylation is 1. The van der Waals surface area contributed by atoms with Gasteiger partial charge in [0.25, 0.3) is 5.91 Å². The van der Waals surface area contributed by atoms with E-state index in [9.17, 15) is 38.7 Å². The van der Waals surface area contributed by atoms with E-state index >= 15 is 0 Å². The number of nitrogens with one attached hydrogen (secondary N) is 4.